The molecule has 3 saturated carbocycles. The van der Waals surface area contributed by atoms with Gasteiger partial charge in [-0.3, -0.25) is 4.79 Å². The minimum atomic E-state index is -1.46. The fourth-order valence-corrected chi connectivity index (χ4v) is 8.32. The number of ketones is 1. The van der Waals surface area contributed by atoms with Gasteiger partial charge in [0.15, 0.2) is 5.78 Å². The Kier molecular flexibility index (Phi) is 6.24. The standard InChI is InChI=1S/C27H44O7/c1-23(2,32)9-8-22(31)26(5,33)21-7-11-27(34)16-12-18(28)17-13-19(29)20(30)14-24(17,3)15(16)6-10-25(21,27)4/h12,15,17,19-22,29-34H,6-11,13-14H2,1-5H3/t15-,17-,19-,20-,21-,22+,24+,25+,26+,27+/m0/s1. The smallest absolute Gasteiger partial charge is 0.159 e. The number of aliphatic hydroxyl groups excluding tert-OH is 3. The van der Waals surface area contributed by atoms with Crippen LogP contribution in [0.2, 0.25) is 0 Å². The van der Waals surface area contributed by atoms with E-state index < -0.39 is 45.9 Å². The van der Waals surface area contributed by atoms with Gasteiger partial charge in [0.25, 0.3) is 0 Å². The number of allylic oxidation sites excluding steroid dienone is 1. The van der Waals surface area contributed by atoms with Crippen molar-refractivity contribution in [3.8, 4) is 0 Å². The Balaban J connectivity index is 1.66. The molecule has 0 aromatic carbocycles. The van der Waals surface area contributed by atoms with Crippen LogP contribution in [0.4, 0.5) is 0 Å². The number of fused-ring (bicyclic) bond motifs is 5. The van der Waals surface area contributed by atoms with Gasteiger partial charge in [-0.2, -0.15) is 0 Å². The van der Waals surface area contributed by atoms with Crippen LogP contribution >= 0.6 is 0 Å². The number of carbonyl (C=O) groups is 1. The molecule has 0 spiro atoms. The van der Waals surface area contributed by atoms with Gasteiger partial charge in [-0.05, 0) is 101 Å². The molecule has 4 aliphatic carbocycles. The van der Waals surface area contributed by atoms with Gasteiger partial charge in [0.05, 0.1) is 35.1 Å². The summed E-state index contributed by atoms with van der Waals surface area (Å²) in [7, 11) is 0. The molecule has 0 radical (unpaired) electrons. The zero-order valence-corrected chi connectivity index (χ0v) is 21.3. The van der Waals surface area contributed by atoms with Crippen molar-refractivity contribution in [2.45, 2.75) is 121 Å². The summed E-state index contributed by atoms with van der Waals surface area (Å²) in [6.07, 6.45) is 2.11. The van der Waals surface area contributed by atoms with Gasteiger partial charge in [-0.1, -0.05) is 13.8 Å². The summed E-state index contributed by atoms with van der Waals surface area (Å²) in [4.78, 5) is 13.2. The minimum absolute atomic E-state index is 0.0840. The van der Waals surface area contributed by atoms with Crippen molar-refractivity contribution in [2.24, 2.45) is 28.6 Å². The quantitative estimate of drug-likeness (QED) is 0.353. The van der Waals surface area contributed by atoms with Crippen LogP contribution in [-0.4, -0.2) is 71.5 Å². The Bertz CT molecular complexity index is 860. The first-order valence-electron chi connectivity index (χ1n) is 12.9. The average Bonchev–Trinajstić information content (AvgIpc) is 3.00. The molecule has 0 bridgehead atoms. The molecule has 0 amide bonds. The highest BCUT2D eigenvalue weighted by Gasteiger charge is 2.69. The summed E-state index contributed by atoms with van der Waals surface area (Å²) in [6.45, 7) is 8.96. The molecular weight excluding hydrogens is 436 g/mol. The Labute approximate surface area is 202 Å². The lowest BCUT2D eigenvalue weighted by atomic mass is 9.45. The fourth-order valence-electron chi connectivity index (χ4n) is 8.32. The highest BCUT2D eigenvalue weighted by atomic mass is 16.3. The highest BCUT2D eigenvalue weighted by molar-refractivity contribution is 5.95. The second-order valence-electron chi connectivity index (χ2n) is 13.2. The SMILES string of the molecule is CC(C)(O)CC[C@@H](O)[C@](C)(O)[C@H]1CC[C@@]2(O)C3=CC(=O)[C@@H]4C[C@H](O)[C@@H](O)C[C@]4(C)[C@H]3CC[C@]12C. The molecule has 4 rings (SSSR count). The lowest BCUT2D eigenvalue weighted by molar-refractivity contribution is -0.177. The molecule has 194 valence electrons. The predicted octanol–water partition coefficient (Wildman–Crippen LogP) is 1.85. The monoisotopic (exact) mass is 480 g/mol. The van der Waals surface area contributed by atoms with Gasteiger partial charge in [-0.15, -0.1) is 0 Å². The lowest BCUT2D eigenvalue weighted by Crippen LogP contribution is -2.62. The van der Waals surface area contributed by atoms with Crippen LogP contribution in [0.15, 0.2) is 11.6 Å². The van der Waals surface area contributed by atoms with Crippen LogP contribution in [0, 0.1) is 28.6 Å². The molecule has 0 aliphatic heterocycles. The Morgan fingerprint density at radius 2 is 1.71 bits per heavy atom. The molecule has 10 atom stereocenters. The summed E-state index contributed by atoms with van der Waals surface area (Å²) in [5.41, 5.74) is -4.27. The summed E-state index contributed by atoms with van der Waals surface area (Å²) in [5, 5.41) is 65.5. The van der Waals surface area contributed by atoms with Crippen LogP contribution in [0.1, 0.15) is 86.0 Å². The van der Waals surface area contributed by atoms with E-state index in [0.29, 0.717) is 44.1 Å². The molecule has 0 aromatic rings. The number of hydrogen-bond acceptors (Lipinski definition) is 7. The summed E-state index contributed by atoms with van der Waals surface area (Å²) >= 11 is 0. The van der Waals surface area contributed by atoms with Gasteiger partial charge in [0.2, 0.25) is 0 Å². The molecule has 6 N–H and O–H groups in total. The van der Waals surface area contributed by atoms with E-state index in [1.807, 2.05) is 13.8 Å². The first-order chi connectivity index (χ1) is 15.5. The van der Waals surface area contributed by atoms with Gasteiger partial charge >= 0.3 is 0 Å². The molecule has 0 unspecified atom stereocenters. The molecule has 3 fully saturated rings. The van der Waals surface area contributed by atoms with E-state index >= 15 is 0 Å². The molecule has 7 nitrogen and oxygen atoms in total. The maximum absolute atomic E-state index is 13.2. The summed E-state index contributed by atoms with van der Waals surface area (Å²) < 4.78 is 0. The van der Waals surface area contributed by atoms with Crippen LogP contribution in [0.5, 0.6) is 0 Å². The van der Waals surface area contributed by atoms with Crippen molar-refractivity contribution in [1.82, 2.24) is 0 Å². The second kappa shape index (κ2) is 8.09. The first-order valence-corrected chi connectivity index (χ1v) is 12.9. The zero-order chi connectivity index (χ0) is 25.5. The van der Waals surface area contributed by atoms with Crippen LogP contribution in [0.25, 0.3) is 0 Å². The Morgan fingerprint density at radius 1 is 1.06 bits per heavy atom. The first kappa shape index (κ1) is 26.2. The third-order valence-corrected chi connectivity index (χ3v) is 10.5. The molecule has 34 heavy (non-hydrogen) atoms. The Hall–Kier alpha value is -0.830. The van der Waals surface area contributed by atoms with E-state index in [4.69, 9.17) is 0 Å². The maximum Gasteiger partial charge on any atom is 0.159 e. The molecule has 0 saturated heterocycles. The van der Waals surface area contributed by atoms with Crippen molar-refractivity contribution in [1.29, 1.82) is 0 Å². The van der Waals surface area contributed by atoms with E-state index in [1.165, 1.54) is 0 Å². The second-order valence-corrected chi connectivity index (χ2v) is 13.2. The third-order valence-electron chi connectivity index (χ3n) is 10.5. The van der Waals surface area contributed by atoms with Gasteiger partial charge in [0, 0.05) is 11.3 Å². The lowest BCUT2D eigenvalue weighted by Gasteiger charge is -2.60. The van der Waals surface area contributed by atoms with E-state index in [9.17, 15) is 35.4 Å². The minimum Gasteiger partial charge on any atom is -0.390 e. The summed E-state index contributed by atoms with van der Waals surface area (Å²) in [6, 6.07) is 0. The highest BCUT2D eigenvalue weighted by Crippen LogP contribution is 2.68. The number of hydrogen-bond donors (Lipinski definition) is 6. The van der Waals surface area contributed by atoms with Crippen LogP contribution < -0.4 is 0 Å². The van der Waals surface area contributed by atoms with E-state index in [2.05, 4.69) is 0 Å². The maximum atomic E-state index is 13.2. The van der Waals surface area contributed by atoms with Gasteiger partial charge in [0.1, 0.15) is 0 Å². The van der Waals surface area contributed by atoms with Crippen molar-refractivity contribution in [3.05, 3.63) is 11.6 Å². The normalized spacial score (nSPS) is 47.2. The van der Waals surface area contributed by atoms with Crippen LogP contribution in [-0.2, 0) is 4.79 Å². The number of rotatable bonds is 5. The predicted molar refractivity (Wildman–Crippen MR) is 127 cm³/mol. The van der Waals surface area contributed by atoms with E-state index in [0.717, 1.165) is 0 Å². The Morgan fingerprint density at radius 3 is 2.32 bits per heavy atom. The number of carbonyl (C=O) groups excluding carboxylic acids is 1. The van der Waals surface area contributed by atoms with Crippen molar-refractivity contribution in [2.75, 3.05) is 0 Å². The molecule has 0 heterocycles. The van der Waals surface area contributed by atoms with Crippen molar-refractivity contribution >= 4 is 5.78 Å². The summed E-state index contributed by atoms with van der Waals surface area (Å²) in [5.74, 6) is -0.948. The average molecular weight is 481 g/mol. The van der Waals surface area contributed by atoms with Gasteiger partial charge in [-0.25, -0.2) is 0 Å². The van der Waals surface area contributed by atoms with Gasteiger partial charge < -0.3 is 30.6 Å². The van der Waals surface area contributed by atoms with Crippen molar-refractivity contribution in [3.63, 3.8) is 0 Å². The van der Waals surface area contributed by atoms with E-state index in [1.54, 1.807) is 26.8 Å². The molecule has 4 aliphatic rings. The van der Waals surface area contributed by atoms with E-state index in [-0.39, 0.29) is 36.4 Å². The molecule has 7 heteroatoms. The van der Waals surface area contributed by atoms with Crippen LogP contribution in [0.3, 0.4) is 0 Å². The largest absolute Gasteiger partial charge is 0.390 e. The fraction of sp³-hybridized carbons (Fsp3) is 0.889. The zero-order valence-electron chi connectivity index (χ0n) is 21.3. The molecule has 0 aromatic heterocycles. The third kappa shape index (κ3) is 3.73. The number of aliphatic hydroxyl groups is 6. The molecular formula is C27H44O7. The topological polar surface area (TPSA) is 138 Å². The van der Waals surface area contributed by atoms with Crippen molar-refractivity contribution < 1.29 is 35.4 Å².